The number of ether oxygens (including phenoxy) is 1. The van der Waals surface area contributed by atoms with Crippen molar-refractivity contribution in [1.82, 2.24) is 4.90 Å². The SMILES string of the molecule is CC(C)[C@H](C(=O)OCC(=O)Nc1ccccc1Cl)N1C(=O)[C@@H]2C3c4ccccc4C(c4ccccc43)[C@@H]2C1=O. The number of rotatable bonds is 6. The Morgan fingerprint density at radius 3 is 1.74 bits per heavy atom. The Bertz CT molecular complexity index is 1400. The highest BCUT2D eigenvalue weighted by atomic mass is 35.5. The molecule has 7 rings (SSSR count). The summed E-state index contributed by atoms with van der Waals surface area (Å²) in [4.78, 5) is 55.0. The summed E-state index contributed by atoms with van der Waals surface area (Å²) in [6.07, 6.45) is 0. The van der Waals surface area contributed by atoms with Gasteiger partial charge in [0.1, 0.15) is 6.04 Å². The predicted octanol–water partition coefficient (Wildman–Crippen LogP) is 4.74. The normalized spacial score (nSPS) is 23.2. The molecule has 0 aromatic heterocycles. The zero-order chi connectivity index (χ0) is 27.4. The molecule has 0 spiro atoms. The van der Waals surface area contributed by atoms with E-state index in [1.165, 1.54) is 0 Å². The van der Waals surface area contributed by atoms with Gasteiger partial charge in [-0.3, -0.25) is 19.3 Å². The van der Waals surface area contributed by atoms with Crippen LogP contribution in [0.3, 0.4) is 0 Å². The summed E-state index contributed by atoms with van der Waals surface area (Å²) in [5, 5.41) is 2.96. The van der Waals surface area contributed by atoms with Crippen LogP contribution >= 0.6 is 11.6 Å². The Hall–Kier alpha value is -3.97. The lowest BCUT2D eigenvalue weighted by atomic mass is 9.55. The van der Waals surface area contributed by atoms with E-state index >= 15 is 0 Å². The maximum Gasteiger partial charge on any atom is 0.330 e. The van der Waals surface area contributed by atoms with Gasteiger partial charge in [0.15, 0.2) is 6.61 Å². The molecule has 2 bridgehead atoms. The number of imide groups is 1. The van der Waals surface area contributed by atoms with Crippen LogP contribution in [0.15, 0.2) is 72.8 Å². The summed E-state index contributed by atoms with van der Waals surface area (Å²) >= 11 is 6.09. The van der Waals surface area contributed by atoms with Gasteiger partial charge >= 0.3 is 5.97 Å². The number of likely N-dealkylation sites (tertiary alicyclic amines) is 1. The van der Waals surface area contributed by atoms with Gasteiger partial charge < -0.3 is 10.1 Å². The van der Waals surface area contributed by atoms with Crippen molar-refractivity contribution in [3.05, 3.63) is 100 Å². The van der Waals surface area contributed by atoms with Gasteiger partial charge in [0.05, 0.1) is 22.5 Å². The van der Waals surface area contributed by atoms with Crippen molar-refractivity contribution in [2.45, 2.75) is 31.7 Å². The molecule has 8 heteroatoms. The number of hydrogen-bond donors (Lipinski definition) is 1. The number of carbonyl (C=O) groups is 4. The molecule has 7 nitrogen and oxygen atoms in total. The third kappa shape index (κ3) is 3.95. The number of anilines is 1. The fraction of sp³-hybridized carbons (Fsp3) is 0.290. The summed E-state index contributed by atoms with van der Waals surface area (Å²) < 4.78 is 5.35. The number of para-hydroxylation sites is 1. The minimum atomic E-state index is -1.14. The number of hydrogen-bond acceptors (Lipinski definition) is 5. The average molecular weight is 543 g/mol. The highest BCUT2D eigenvalue weighted by molar-refractivity contribution is 6.33. The van der Waals surface area contributed by atoms with Crippen LogP contribution in [-0.2, 0) is 23.9 Å². The van der Waals surface area contributed by atoms with E-state index in [0.29, 0.717) is 10.7 Å². The maximum absolute atomic E-state index is 14.0. The summed E-state index contributed by atoms with van der Waals surface area (Å²) in [7, 11) is 0. The molecule has 3 aromatic carbocycles. The van der Waals surface area contributed by atoms with Gasteiger partial charge in [-0.2, -0.15) is 0 Å². The van der Waals surface area contributed by atoms with E-state index in [-0.39, 0.29) is 23.7 Å². The lowest BCUT2D eigenvalue weighted by molar-refractivity contribution is -0.162. The van der Waals surface area contributed by atoms with E-state index in [4.69, 9.17) is 16.3 Å². The third-order valence-corrected chi connectivity index (χ3v) is 8.46. The summed E-state index contributed by atoms with van der Waals surface area (Å²) in [5.74, 6) is -4.22. The standard InChI is InChI=1S/C31H27ClN2O5/c1-16(2)28(31(38)39-15-23(35)33-22-14-8-7-13-21(22)32)34-29(36)26-24-17-9-3-4-10-18(17)25(27(26)30(34)37)20-12-6-5-11-19(20)24/h3-14,16,24-28H,15H2,1-2H3,(H,33,35)/t24?,25?,26-,27+,28-/m1/s1. The highest BCUT2D eigenvalue weighted by Crippen LogP contribution is 2.61. The van der Waals surface area contributed by atoms with E-state index in [2.05, 4.69) is 5.32 Å². The molecule has 1 heterocycles. The number of amides is 3. The van der Waals surface area contributed by atoms with Gasteiger partial charge in [0.25, 0.3) is 5.91 Å². The predicted molar refractivity (Wildman–Crippen MR) is 145 cm³/mol. The zero-order valence-electron chi connectivity index (χ0n) is 21.5. The molecule has 1 aliphatic heterocycles. The van der Waals surface area contributed by atoms with Crippen LogP contribution in [0, 0.1) is 17.8 Å². The first kappa shape index (κ1) is 25.3. The topological polar surface area (TPSA) is 92.8 Å². The van der Waals surface area contributed by atoms with E-state index < -0.39 is 42.3 Å². The van der Waals surface area contributed by atoms with Crippen LogP contribution < -0.4 is 5.32 Å². The van der Waals surface area contributed by atoms with Crippen molar-refractivity contribution < 1.29 is 23.9 Å². The van der Waals surface area contributed by atoms with Crippen molar-refractivity contribution in [3.63, 3.8) is 0 Å². The van der Waals surface area contributed by atoms with Crippen LogP contribution in [0.4, 0.5) is 5.69 Å². The second kappa shape index (κ2) is 9.65. The highest BCUT2D eigenvalue weighted by Gasteiger charge is 2.63. The second-order valence-electron chi connectivity index (χ2n) is 10.6. The molecule has 1 fully saturated rings. The molecule has 3 amide bonds. The van der Waals surface area contributed by atoms with Gasteiger partial charge in [-0.25, -0.2) is 4.79 Å². The van der Waals surface area contributed by atoms with Crippen LogP contribution in [0.1, 0.15) is 47.9 Å². The van der Waals surface area contributed by atoms with Crippen molar-refractivity contribution in [1.29, 1.82) is 0 Å². The second-order valence-corrected chi connectivity index (χ2v) is 11.0. The summed E-state index contributed by atoms with van der Waals surface area (Å²) in [6, 6.07) is 21.5. The fourth-order valence-corrected chi connectivity index (χ4v) is 6.80. The average Bonchev–Trinajstić information content (AvgIpc) is 3.19. The molecule has 1 N–H and O–H groups in total. The molecule has 198 valence electrons. The molecule has 3 aromatic rings. The van der Waals surface area contributed by atoms with Gasteiger partial charge in [0.2, 0.25) is 11.8 Å². The van der Waals surface area contributed by atoms with Gasteiger partial charge in [-0.1, -0.05) is 86.1 Å². The number of nitrogens with zero attached hydrogens (tertiary/aromatic N) is 1. The molecule has 39 heavy (non-hydrogen) atoms. The van der Waals surface area contributed by atoms with Crippen LogP contribution in [0.25, 0.3) is 0 Å². The Labute approximate surface area is 231 Å². The summed E-state index contributed by atoms with van der Waals surface area (Å²) in [5.41, 5.74) is 4.63. The minimum Gasteiger partial charge on any atom is -0.454 e. The van der Waals surface area contributed by atoms with Crippen molar-refractivity contribution >= 4 is 41.0 Å². The van der Waals surface area contributed by atoms with Gasteiger partial charge in [-0.15, -0.1) is 0 Å². The first-order chi connectivity index (χ1) is 18.8. The largest absolute Gasteiger partial charge is 0.454 e. The van der Waals surface area contributed by atoms with Gasteiger partial charge in [-0.05, 0) is 40.3 Å². The molecule has 0 radical (unpaired) electrons. The van der Waals surface area contributed by atoms with Crippen LogP contribution in [-0.4, -0.2) is 41.2 Å². The van der Waals surface area contributed by atoms with E-state index in [1.807, 2.05) is 48.5 Å². The zero-order valence-corrected chi connectivity index (χ0v) is 22.2. The molecule has 3 atom stereocenters. The molecular formula is C31H27ClN2O5. The van der Waals surface area contributed by atoms with Crippen LogP contribution in [0.5, 0.6) is 0 Å². The first-order valence-corrected chi connectivity index (χ1v) is 13.4. The van der Waals surface area contributed by atoms with Crippen LogP contribution in [0.2, 0.25) is 5.02 Å². The molecule has 0 unspecified atom stereocenters. The smallest absolute Gasteiger partial charge is 0.330 e. The lowest BCUT2D eigenvalue weighted by Crippen LogP contribution is -2.49. The molecule has 1 saturated heterocycles. The van der Waals surface area contributed by atoms with Crippen molar-refractivity contribution in [2.75, 3.05) is 11.9 Å². The van der Waals surface area contributed by atoms with E-state index in [1.54, 1.807) is 38.1 Å². The number of halogens is 1. The molecular weight excluding hydrogens is 516 g/mol. The monoisotopic (exact) mass is 542 g/mol. The molecule has 0 saturated carbocycles. The summed E-state index contributed by atoms with van der Waals surface area (Å²) in [6.45, 7) is 2.95. The van der Waals surface area contributed by atoms with E-state index in [0.717, 1.165) is 27.2 Å². The quantitative estimate of drug-likeness (QED) is 0.359. The number of benzene rings is 3. The Morgan fingerprint density at radius 1 is 0.821 bits per heavy atom. The Morgan fingerprint density at radius 2 is 1.28 bits per heavy atom. The molecule has 3 aliphatic carbocycles. The maximum atomic E-state index is 14.0. The van der Waals surface area contributed by atoms with Crippen molar-refractivity contribution in [2.24, 2.45) is 17.8 Å². The number of carbonyl (C=O) groups excluding carboxylic acids is 4. The third-order valence-electron chi connectivity index (χ3n) is 8.13. The Kier molecular flexibility index (Phi) is 6.26. The van der Waals surface area contributed by atoms with E-state index in [9.17, 15) is 19.2 Å². The number of nitrogens with one attached hydrogen (secondary N) is 1. The first-order valence-electron chi connectivity index (χ1n) is 13.0. The lowest BCUT2D eigenvalue weighted by Gasteiger charge is -2.45. The Balaban J connectivity index is 1.27. The fourth-order valence-electron chi connectivity index (χ4n) is 6.62. The molecule has 4 aliphatic rings. The van der Waals surface area contributed by atoms with Crippen molar-refractivity contribution in [3.8, 4) is 0 Å². The number of esters is 1. The minimum absolute atomic E-state index is 0.265. The van der Waals surface area contributed by atoms with Gasteiger partial charge in [0, 0.05) is 11.8 Å².